The summed E-state index contributed by atoms with van der Waals surface area (Å²) in [6.45, 7) is 3.67. The minimum Gasteiger partial charge on any atom is -0.392 e. The number of aryl methyl sites for hydroxylation is 1. The van der Waals surface area contributed by atoms with Gasteiger partial charge in [0.05, 0.1) is 23.2 Å². The number of aromatic nitrogens is 1. The van der Waals surface area contributed by atoms with Gasteiger partial charge in [0.15, 0.2) is 0 Å². The SMILES string of the molecule is CCc1ccc(CNC(=O)c2cccc(S(=O)(=O)NC[C@H](C)O)c2)nc1. The summed E-state index contributed by atoms with van der Waals surface area (Å²) >= 11 is 0. The monoisotopic (exact) mass is 377 g/mol. The van der Waals surface area contributed by atoms with Crippen LogP contribution >= 0.6 is 0 Å². The second kappa shape index (κ2) is 8.88. The van der Waals surface area contributed by atoms with Crippen molar-refractivity contribution in [3.8, 4) is 0 Å². The van der Waals surface area contributed by atoms with E-state index in [0.29, 0.717) is 0 Å². The summed E-state index contributed by atoms with van der Waals surface area (Å²) in [6, 6.07) is 9.53. The summed E-state index contributed by atoms with van der Waals surface area (Å²) in [6.07, 6.45) is 1.86. The van der Waals surface area contributed by atoms with Gasteiger partial charge in [0.2, 0.25) is 10.0 Å². The molecule has 2 aromatic rings. The third-order valence-corrected chi connectivity index (χ3v) is 5.12. The number of amides is 1. The fraction of sp³-hybridized carbons (Fsp3) is 0.333. The van der Waals surface area contributed by atoms with Gasteiger partial charge in [0.1, 0.15) is 0 Å². The maximum Gasteiger partial charge on any atom is 0.251 e. The van der Waals surface area contributed by atoms with E-state index in [1.54, 1.807) is 6.20 Å². The van der Waals surface area contributed by atoms with E-state index in [1.807, 2.05) is 19.1 Å². The fourth-order valence-electron chi connectivity index (χ4n) is 2.16. The van der Waals surface area contributed by atoms with Crippen molar-refractivity contribution in [3.63, 3.8) is 0 Å². The van der Waals surface area contributed by atoms with E-state index in [2.05, 4.69) is 15.0 Å². The van der Waals surface area contributed by atoms with Gasteiger partial charge in [-0.1, -0.05) is 19.1 Å². The first-order chi connectivity index (χ1) is 12.3. The Morgan fingerprint density at radius 1 is 1.27 bits per heavy atom. The summed E-state index contributed by atoms with van der Waals surface area (Å²) in [5.41, 5.74) is 2.07. The van der Waals surface area contributed by atoms with E-state index in [9.17, 15) is 18.3 Å². The van der Waals surface area contributed by atoms with Gasteiger partial charge >= 0.3 is 0 Å². The quantitative estimate of drug-likeness (QED) is 0.641. The third kappa shape index (κ3) is 5.62. The van der Waals surface area contributed by atoms with Crippen LogP contribution in [0.15, 0.2) is 47.5 Å². The molecule has 0 radical (unpaired) electrons. The minimum absolute atomic E-state index is 0.0313. The molecule has 140 valence electrons. The Labute approximate surface area is 153 Å². The summed E-state index contributed by atoms with van der Waals surface area (Å²) in [5, 5.41) is 11.9. The van der Waals surface area contributed by atoms with Gasteiger partial charge < -0.3 is 10.4 Å². The van der Waals surface area contributed by atoms with E-state index in [-0.39, 0.29) is 29.5 Å². The number of hydrogen-bond donors (Lipinski definition) is 3. The average Bonchev–Trinajstić information content (AvgIpc) is 2.65. The Kier molecular flexibility index (Phi) is 6.84. The van der Waals surface area contributed by atoms with Crippen molar-refractivity contribution >= 4 is 15.9 Å². The first kappa shape index (κ1) is 20.0. The van der Waals surface area contributed by atoms with Crippen LogP contribution in [0.2, 0.25) is 0 Å². The lowest BCUT2D eigenvalue weighted by atomic mass is 10.2. The lowest BCUT2D eigenvalue weighted by Crippen LogP contribution is -2.31. The van der Waals surface area contributed by atoms with Crippen molar-refractivity contribution < 1.29 is 18.3 Å². The van der Waals surface area contributed by atoms with Gasteiger partial charge in [-0.25, -0.2) is 13.1 Å². The molecule has 7 nitrogen and oxygen atoms in total. The molecule has 0 fully saturated rings. The van der Waals surface area contributed by atoms with Gasteiger partial charge in [0, 0.05) is 18.3 Å². The molecule has 1 atom stereocenters. The van der Waals surface area contributed by atoms with Crippen molar-refractivity contribution in [2.45, 2.75) is 37.8 Å². The number of nitrogens with one attached hydrogen (secondary N) is 2. The zero-order valence-electron chi connectivity index (χ0n) is 14.8. The third-order valence-electron chi connectivity index (χ3n) is 3.70. The fourth-order valence-corrected chi connectivity index (χ4v) is 3.33. The Morgan fingerprint density at radius 3 is 2.65 bits per heavy atom. The van der Waals surface area contributed by atoms with Crippen LogP contribution in [0, 0.1) is 0 Å². The normalized spacial score (nSPS) is 12.6. The molecule has 0 aliphatic rings. The molecule has 0 aliphatic heterocycles. The van der Waals surface area contributed by atoms with Gasteiger partial charge in [0.25, 0.3) is 5.91 Å². The standard InChI is InChI=1S/C18H23N3O4S/c1-3-14-7-8-16(19-11-14)12-20-18(23)15-5-4-6-17(9-15)26(24,25)21-10-13(2)22/h4-9,11,13,21-22H,3,10,12H2,1-2H3,(H,20,23)/t13-/m0/s1. The highest BCUT2D eigenvalue weighted by Crippen LogP contribution is 2.12. The van der Waals surface area contributed by atoms with Crippen molar-refractivity contribution in [3.05, 3.63) is 59.4 Å². The highest BCUT2D eigenvalue weighted by Gasteiger charge is 2.16. The van der Waals surface area contributed by atoms with Crippen LogP contribution in [0.25, 0.3) is 0 Å². The number of aliphatic hydroxyl groups is 1. The number of carbonyl (C=O) groups is 1. The van der Waals surface area contributed by atoms with Crippen molar-refractivity contribution in [2.75, 3.05) is 6.54 Å². The van der Waals surface area contributed by atoms with E-state index >= 15 is 0 Å². The topological polar surface area (TPSA) is 108 Å². The maximum absolute atomic E-state index is 12.3. The molecular formula is C18H23N3O4S. The predicted molar refractivity (Wildman–Crippen MR) is 98.1 cm³/mol. The Balaban J connectivity index is 2.05. The number of nitrogens with zero attached hydrogens (tertiary/aromatic N) is 1. The number of benzene rings is 1. The van der Waals surface area contributed by atoms with E-state index in [1.165, 1.54) is 31.2 Å². The molecule has 26 heavy (non-hydrogen) atoms. The molecule has 0 saturated carbocycles. The van der Waals surface area contributed by atoms with Crippen LogP contribution in [0.4, 0.5) is 0 Å². The van der Waals surface area contributed by atoms with Crippen LogP contribution in [0.3, 0.4) is 0 Å². The molecular weight excluding hydrogens is 354 g/mol. The maximum atomic E-state index is 12.3. The lowest BCUT2D eigenvalue weighted by Gasteiger charge is -2.10. The number of aliphatic hydroxyl groups excluding tert-OH is 1. The molecule has 3 N–H and O–H groups in total. The van der Waals surface area contributed by atoms with Gasteiger partial charge in [-0.15, -0.1) is 0 Å². The van der Waals surface area contributed by atoms with Crippen LogP contribution in [-0.2, 0) is 23.0 Å². The largest absolute Gasteiger partial charge is 0.392 e. The molecule has 0 aliphatic carbocycles. The average molecular weight is 377 g/mol. The number of carbonyl (C=O) groups excluding carboxylic acids is 1. The van der Waals surface area contributed by atoms with Crippen LogP contribution < -0.4 is 10.0 Å². The summed E-state index contributed by atoms with van der Waals surface area (Å²) < 4.78 is 26.7. The summed E-state index contributed by atoms with van der Waals surface area (Å²) in [7, 11) is -3.79. The molecule has 8 heteroatoms. The predicted octanol–water partition coefficient (Wildman–Crippen LogP) is 1.23. The number of pyridine rings is 1. The van der Waals surface area contributed by atoms with E-state index in [0.717, 1.165) is 17.7 Å². The summed E-state index contributed by atoms with van der Waals surface area (Å²) in [4.78, 5) is 16.5. The molecule has 0 spiro atoms. The molecule has 2 rings (SSSR count). The van der Waals surface area contributed by atoms with Crippen LogP contribution in [-0.4, -0.2) is 37.1 Å². The molecule has 0 bridgehead atoms. The number of hydrogen-bond acceptors (Lipinski definition) is 5. The first-order valence-electron chi connectivity index (χ1n) is 8.31. The molecule has 1 amide bonds. The zero-order chi connectivity index (χ0) is 19.2. The lowest BCUT2D eigenvalue weighted by molar-refractivity contribution is 0.0950. The Hall–Kier alpha value is -2.29. The van der Waals surface area contributed by atoms with Crippen LogP contribution in [0.1, 0.15) is 35.5 Å². The van der Waals surface area contributed by atoms with Gasteiger partial charge in [-0.05, 0) is 43.2 Å². The number of rotatable bonds is 8. The molecule has 0 unspecified atom stereocenters. The van der Waals surface area contributed by atoms with Gasteiger partial charge in [-0.2, -0.15) is 0 Å². The second-order valence-corrected chi connectivity index (χ2v) is 7.69. The van der Waals surface area contributed by atoms with E-state index < -0.39 is 16.1 Å². The molecule has 1 aromatic carbocycles. The van der Waals surface area contributed by atoms with Crippen molar-refractivity contribution in [1.29, 1.82) is 0 Å². The Morgan fingerprint density at radius 2 is 2.04 bits per heavy atom. The van der Waals surface area contributed by atoms with E-state index in [4.69, 9.17) is 0 Å². The smallest absolute Gasteiger partial charge is 0.251 e. The van der Waals surface area contributed by atoms with Crippen molar-refractivity contribution in [1.82, 2.24) is 15.0 Å². The highest BCUT2D eigenvalue weighted by atomic mass is 32.2. The first-order valence-corrected chi connectivity index (χ1v) is 9.80. The van der Waals surface area contributed by atoms with Crippen LogP contribution in [0.5, 0.6) is 0 Å². The van der Waals surface area contributed by atoms with Gasteiger partial charge in [-0.3, -0.25) is 9.78 Å². The van der Waals surface area contributed by atoms with Crippen molar-refractivity contribution in [2.24, 2.45) is 0 Å². The number of sulfonamides is 1. The molecule has 1 aromatic heterocycles. The minimum atomic E-state index is -3.79. The molecule has 0 saturated heterocycles. The second-order valence-electron chi connectivity index (χ2n) is 5.92. The zero-order valence-corrected chi connectivity index (χ0v) is 15.6. The summed E-state index contributed by atoms with van der Waals surface area (Å²) in [5.74, 6) is -0.390. The highest BCUT2D eigenvalue weighted by molar-refractivity contribution is 7.89. The molecule has 1 heterocycles. The Bertz CT molecular complexity index is 849.